The summed E-state index contributed by atoms with van der Waals surface area (Å²) in [5.74, 6) is -1.02. The van der Waals surface area contributed by atoms with Crippen LogP contribution in [0.25, 0.3) is 0 Å². The van der Waals surface area contributed by atoms with Gasteiger partial charge >= 0.3 is 11.9 Å². The van der Waals surface area contributed by atoms with Crippen LogP contribution in [0.15, 0.2) is 42.5 Å². The normalized spacial score (nSPS) is 21.9. The third-order valence-corrected chi connectivity index (χ3v) is 6.74. The lowest BCUT2D eigenvalue weighted by Gasteiger charge is -2.36. The molecule has 3 atom stereocenters. The molecule has 1 fully saturated rings. The zero-order valence-corrected chi connectivity index (χ0v) is 19.1. The summed E-state index contributed by atoms with van der Waals surface area (Å²) < 4.78 is 10.9. The number of carbonyl (C=O) groups excluding carboxylic acids is 4. The summed E-state index contributed by atoms with van der Waals surface area (Å²) in [5.41, 5.74) is 0.707. The zero-order chi connectivity index (χ0) is 23.7. The number of fused-ring (bicyclic) bond motifs is 2. The number of hydrogen-bond donors (Lipinski definition) is 0. The summed E-state index contributed by atoms with van der Waals surface area (Å²) in [6.07, 6.45) is 2.72. The van der Waals surface area contributed by atoms with Gasteiger partial charge in [0.25, 0.3) is 0 Å². The van der Waals surface area contributed by atoms with Crippen molar-refractivity contribution in [1.29, 1.82) is 0 Å². The smallest absolute Gasteiger partial charge is 0.344 e. The first-order valence-corrected chi connectivity index (χ1v) is 11.5. The summed E-state index contributed by atoms with van der Waals surface area (Å²) in [6.45, 7) is 5.84. The highest BCUT2D eigenvalue weighted by Crippen LogP contribution is 2.35. The Hall–Kier alpha value is -3.28. The molecule has 172 valence electrons. The van der Waals surface area contributed by atoms with Crippen LogP contribution in [0.5, 0.6) is 0 Å². The van der Waals surface area contributed by atoms with Crippen LogP contribution in [0.2, 0.25) is 0 Å². The molecular weight excluding hydrogens is 420 g/mol. The van der Waals surface area contributed by atoms with Crippen LogP contribution in [-0.2, 0) is 14.3 Å². The van der Waals surface area contributed by atoms with E-state index in [1.54, 1.807) is 24.3 Å². The van der Waals surface area contributed by atoms with Gasteiger partial charge in [0.05, 0.1) is 5.56 Å². The fourth-order valence-electron chi connectivity index (χ4n) is 4.97. The second-order valence-electron chi connectivity index (χ2n) is 9.36. The zero-order valence-electron chi connectivity index (χ0n) is 19.1. The standard InChI is InChI=1S/C27H28O6/c1-15(2)17-12-11-16(3)13-22(17)33-23(28)14-32-27(31)21-10-6-9-20-24(21)26(30)19-8-5-4-7-18(19)25(20)29/h4-10,15-17,22H,11-14H2,1-3H3/t16-,17-,22+/m0/s1. The third-order valence-electron chi connectivity index (χ3n) is 6.74. The molecule has 0 spiro atoms. The number of hydrogen-bond acceptors (Lipinski definition) is 6. The van der Waals surface area contributed by atoms with Gasteiger partial charge in [-0.05, 0) is 36.7 Å². The Labute approximate surface area is 193 Å². The first-order valence-electron chi connectivity index (χ1n) is 11.5. The second-order valence-corrected chi connectivity index (χ2v) is 9.36. The Morgan fingerprint density at radius 2 is 1.61 bits per heavy atom. The van der Waals surface area contributed by atoms with Crippen LogP contribution in [0.3, 0.4) is 0 Å². The van der Waals surface area contributed by atoms with Crippen molar-refractivity contribution in [3.05, 3.63) is 70.3 Å². The largest absolute Gasteiger partial charge is 0.460 e. The van der Waals surface area contributed by atoms with Crippen molar-refractivity contribution in [3.8, 4) is 0 Å². The van der Waals surface area contributed by atoms with Gasteiger partial charge in [-0.2, -0.15) is 0 Å². The van der Waals surface area contributed by atoms with Crippen LogP contribution in [-0.4, -0.2) is 36.2 Å². The minimum absolute atomic E-state index is 0.0144. The summed E-state index contributed by atoms with van der Waals surface area (Å²) in [5, 5.41) is 0. The lowest BCUT2D eigenvalue weighted by molar-refractivity contribution is -0.159. The van der Waals surface area contributed by atoms with Gasteiger partial charge in [-0.15, -0.1) is 0 Å². The molecule has 2 aromatic rings. The van der Waals surface area contributed by atoms with Gasteiger partial charge in [0.15, 0.2) is 18.2 Å². The van der Waals surface area contributed by atoms with Gasteiger partial charge in [0, 0.05) is 22.3 Å². The van der Waals surface area contributed by atoms with Crippen LogP contribution in [0.1, 0.15) is 82.2 Å². The van der Waals surface area contributed by atoms with Crippen molar-refractivity contribution < 1.29 is 28.7 Å². The monoisotopic (exact) mass is 448 g/mol. The predicted molar refractivity (Wildman–Crippen MR) is 121 cm³/mol. The summed E-state index contributed by atoms with van der Waals surface area (Å²) in [6, 6.07) is 11.0. The number of esters is 2. The first kappa shape index (κ1) is 22.9. The number of benzene rings is 2. The van der Waals surface area contributed by atoms with E-state index < -0.39 is 24.3 Å². The Morgan fingerprint density at radius 3 is 2.30 bits per heavy atom. The van der Waals surface area contributed by atoms with E-state index in [1.165, 1.54) is 18.2 Å². The molecule has 1 saturated carbocycles. The van der Waals surface area contributed by atoms with Crippen molar-refractivity contribution in [1.82, 2.24) is 0 Å². The minimum Gasteiger partial charge on any atom is -0.460 e. The number of ketones is 2. The van der Waals surface area contributed by atoms with E-state index in [0.717, 1.165) is 19.3 Å². The molecule has 0 unspecified atom stereocenters. The fourth-order valence-corrected chi connectivity index (χ4v) is 4.97. The summed E-state index contributed by atoms with van der Waals surface area (Å²) >= 11 is 0. The lowest BCUT2D eigenvalue weighted by atomic mass is 9.75. The molecule has 0 aromatic heterocycles. The Kier molecular flexibility index (Phi) is 6.45. The molecule has 0 bridgehead atoms. The highest BCUT2D eigenvalue weighted by atomic mass is 16.6. The van der Waals surface area contributed by atoms with Gasteiger partial charge in [0.2, 0.25) is 0 Å². The first-order chi connectivity index (χ1) is 15.8. The fraction of sp³-hybridized carbons (Fsp3) is 0.407. The quantitative estimate of drug-likeness (QED) is 0.529. The van der Waals surface area contributed by atoms with Crippen molar-refractivity contribution >= 4 is 23.5 Å². The van der Waals surface area contributed by atoms with E-state index in [4.69, 9.17) is 9.47 Å². The second kappa shape index (κ2) is 9.30. The van der Waals surface area contributed by atoms with Gasteiger partial charge < -0.3 is 9.47 Å². The molecule has 0 N–H and O–H groups in total. The predicted octanol–water partition coefficient (Wildman–Crippen LogP) is 4.62. The van der Waals surface area contributed by atoms with Crippen LogP contribution < -0.4 is 0 Å². The van der Waals surface area contributed by atoms with E-state index in [-0.39, 0.29) is 40.1 Å². The van der Waals surface area contributed by atoms with Crippen molar-refractivity contribution in [3.63, 3.8) is 0 Å². The van der Waals surface area contributed by atoms with E-state index in [0.29, 0.717) is 17.4 Å². The molecule has 2 aliphatic carbocycles. The lowest BCUT2D eigenvalue weighted by Crippen LogP contribution is -2.36. The van der Waals surface area contributed by atoms with Crippen LogP contribution in [0.4, 0.5) is 0 Å². The Balaban J connectivity index is 1.47. The number of carbonyl (C=O) groups is 4. The molecule has 0 saturated heterocycles. The highest BCUT2D eigenvalue weighted by molar-refractivity contribution is 6.30. The van der Waals surface area contributed by atoms with Crippen molar-refractivity contribution in [2.45, 2.75) is 46.1 Å². The average molecular weight is 449 g/mol. The third kappa shape index (κ3) is 4.47. The molecule has 33 heavy (non-hydrogen) atoms. The minimum atomic E-state index is -0.832. The highest BCUT2D eigenvalue weighted by Gasteiger charge is 2.35. The SMILES string of the molecule is CC(C)[C@@H]1CC[C@H](C)C[C@H]1OC(=O)COC(=O)c1cccc2c1C(=O)c1ccccc1C2=O. The maximum Gasteiger partial charge on any atom is 0.344 e. The molecule has 6 heteroatoms. The molecular formula is C27H28O6. The molecule has 6 nitrogen and oxygen atoms in total. The molecule has 2 aliphatic rings. The van der Waals surface area contributed by atoms with Gasteiger partial charge in [-0.1, -0.05) is 63.6 Å². The number of ether oxygens (including phenoxy) is 2. The molecule has 0 aliphatic heterocycles. The maximum atomic E-state index is 13.1. The Morgan fingerprint density at radius 1 is 0.939 bits per heavy atom. The molecule has 0 radical (unpaired) electrons. The van der Waals surface area contributed by atoms with E-state index in [1.807, 2.05) is 0 Å². The molecule has 4 rings (SSSR count). The van der Waals surface area contributed by atoms with Crippen LogP contribution in [0, 0.1) is 17.8 Å². The number of rotatable bonds is 5. The molecule has 0 heterocycles. The van der Waals surface area contributed by atoms with Gasteiger partial charge in [-0.3, -0.25) is 9.59 Å². The van der Waals surface area contributed by atoms with Gasteiger partial charge in [0.1, 0.15) is 6.10 Å². The van der Waals surface area contributed by atoms with E-state index in [2.05, 4.69) is 20.8 Å². The van der Waals surface area contributed by atoms with Crippen LogP contribution >= 0.6 is 0 Å². The molecule has 2 aromatic carbocycles. The summed E-state index contributed by atoms with van der Waals surface area (Å²) in [7, 11) is 0. The maximum absolute atomic E-state index is 13.1. The van der Waals surface area contributed by atoms with Gasteiger partial charge in [-0.25, -0.2) is 9.59 Å². The Bertz CT molecular complexity index is 1120. The topological polar surface area (TPSA) is 86.7 Å². The van der Waals surface area contributed by atoms with Crippen molar-refractivity contribution in [2.24, 2.45) is 17.8 Å². The van der Waals surface area contributed by atoms with E-state index >= 15 is 0 Å². The molecule has 0 amide bonds. The average Bonchev–Trinajstić information content (AvgIpc) is 2.80. The van der Waals surface area contributed by atoms with Crippen molar-refractivity contribution in [2.75, 3.05) is 6.61 Å². The van der Waals surface area contributed by atoms with E-state index in [9.17, 15) is 19.2 Å². The summed E-state index contributed by atoms with van der Waals surface area (Å²) in [4.78, 5) is 51.2.